The summed E-state index contributed by atoms with van der Waals surface area (Å²) in [7, 11) is 0. The van der Waals surface area contributed by atoms with Gasteiger partial charge in [-0.05, 0) is 39.0 Å². The molecule has 0 aliphatic heterocycles. The topological polar surface area (TPSA) is 79.5 Å². The molecule has 0 aliphatic rings. The van der Waals surface area contributed by atoms with Crippen LogP contribution in [0.4, 0.5) is 23.7 Å². The monoisotopic (exact) mass is 361 g/mol. The maximum atomic E-state index is 12.6. The number of amides is 2. The molecule has 0 atom stereocenters. The van der Waals surface area contributed by atoms with Crippen LogP contribution in [0.5, 0.6) is 0 Å². The molecule has 0 unspecified atom stereocenters. The fourth-order valence-corrected chi connectivity index (χ4v) is 1.75. The summed E-state index contributed by atoms with van der Waals surface area (Å²) < 4.78 is 42.8. The number of hydrogen-bond acceptors (Lipinski definition) is 4. The lowest BCUT2D eigenvalue weighted by Crippen LogP contribution is -2.38. The van der Waals surface area contributed by atoms with E-state index in [1.165, 1.54) is 12.1 Å². The summed E-state index contributed by atoms with van der Waals surface area (Å²) in [6, 6.07) is 4.38. The van der Waals surface area contributed by atoms with Gasteiger partial charge >= 0.3 is 12.3 Å². The normalized spacial score (nSPS) is 11.8. The SMILES string of the molecule is CC(C)(C)OC(=O)NCCNCC(=O)Nc1cccc(C(F)(F)F)c1. The van der Waals surface area contributed by atoms with Crippen LogP contribution in [0.3, 0.4) is 0 Å². The molecule has 9 heteroatoms. The van der Waals surface area contributed by atoms with E-state index >= 15 is 0 Å². The number of benzene rings is 1. The second-order valence-corrected chi connectivity index (χ2v) is 6.23. The maximum absolute atomic E-state index is 12.6. The quantitative estimate of drug-likeness (QED) is 0.681. The summed E-state index contributed by atoms with van der Waals surface area (Å²) >= 11 is 0. The molecule has 0 saturated carbocycles. The fourth-order valence-electron chi connectivity index (χ4n) is 1.75. The highest BCUT2D eigenvalue weighted by Gasteiger charge is 2.30. The van der Waals surface area contributed by atoms with E-state index in [4.69, 9.17) is 4.74 Å². The van der Waals surface area contributed by atoms with Crippen molar-refractivity contribution in [2.75, 3.05) is 25.0 Å². The van der Waals surface area contributed by atoms with E-state index < -0.39 is 29.3 Å². The Morgan fingerprint density at radius 3 is 2.40 bits per heavy atom. The Bertz CT molecular complexity index is 598. The molecule has 3 N–H and O–H groups in total. The van der Waals surface area contributed by atoms with Crippen molar-refractivity contribution in [1.29, 1.82) is 0 Å². The zero-order valence-electron chi connectivity index (χ0n) is 14.3. The highest BCUT2D eigenvalue weighted by molar-refractivity contribution is 5.92. The van der Waals surface area contributed by atoms with E-state index in [0.717, 1.165) is 12.1 Å². The van der Waals surface area contributed by atoms with E-state index in [9.17, 15) is 22.8 Å². The van der Waals surface area contributed by atoms with Crippen LogP contribution in [0, 0.1) is 0 Å². The van der Waals surface area contributed by atoms with E-state index in [1.807, 2.05) is 0 Å². The van der Waals surface area contributed by atoms with Crippen LogP contribution in [0.1, 0.15) is 26.3 Å². The van der Waals surface area contributed by atoms with Gasteiger partial charge in [-0.1, -0.05) is 6.07 Å². The second kappa shape index (κ2) is 8.70. The Hall–Kier alpha value is -2.29. The summed E-state index contributed by atoms with van der Waals surface area (Å²) in [6.45, 7) is 5.65. The van der Waals surface area contributed by atoms with Gasteiger partial charge in [0.05, 0.1) is 12.1 Å². The summed E-state index contributed by atoms with van der Waals surface area (Å²) in [4.78, 5) is 23.1. The minimum Gasteiger partial charge on any atom is -0.444 e. The van der Waals surface area contributed by atoms with Crippen molar-refractivity contribution in [3.05, 3.63) is 29.8 Å². The molecule has 0 aromatic heterocycles. The molecule has 0 spiro atoms. The third-order valence-electron chi connectivity index (χ3n) is 2.73. The first-order valence-electron chi connectivity index (χ1n) is 7.62. The Balaban J connectivity index is 2.29. The van der Waals surface area contributed by atoms with Crippen molar-refractivity contribution in [2.24, 2.45) is 0 Å². The van der Waals surface area contributed by atoms with Gasteiger partial charge in [0.25, 0.3) is 0 Å². The molecule has 25 heavy (non-hydrogen) atoms. The predicted octanol–water partition coefficient (Wildman–Crippen LogP) is 2.76. The molecular formula is C16H22F3N3O3. The van der Waals surface area contributed by atoms with E-state index in [2.05, 4.69) is 16.0 Å². The van der Waals surface area contributed by atoms with Gasteiger partial charge in [-0.15, -0.1) is 0 Å². The number of rotatable bonds is 6. The van der Waals surface area contributed by atoms with E-state index in [0.29, 0.717) is 6.54 Å². The van der Waals surface area contributed by atoms with Crippen molar-refractivity contribution >= 4 is 17.7 Å². The largest absolute Gasteiger partial charge is 0.444 e. The molecule has 0 fully saturated rings. The lowest BCUT2D eigenvalue weighted by atomic mass is 10.2. The zero-order chi connectivity index (χ0) is 19.1. The standard InChI is InChI=1S/C16H22F3N3O3/c1-15(2,3)25-14(24)21-8-7-20-10-13(23)22-12-6-4-5-11(9-12)16(17,18)19/h4-6,9,20H,7-8,10H2,1-3H3,(H,21,24)(H,22,23). The van der Waals surface area contributed by atoms with Crippen molar-refractivity contribution < 1.29 is 27.5 Å². The van der Waals surface area contributed by atoms with Gasteiger partial charge in [0.1, 0.15) is 5.60 Å². The minimum absolute atomic E-state index is 0.0634. The first-order valence-corrected chi connectivity index (χ1v) is 7.62. The minimum atomic E-state index is -4.47. The van der Waals surface area contributed by atoms with Crippen LogP contribution in [0.2, 0.25) is 0 Å². The summed E-state index contributed by atoms with van der Waals surface area (Å²) in [6.07, 6.45) is -5.03. The number of nitrogens with one attached hydrogen (secondary N) is 3. The molecule has 2 amide bonds. The number of hydrogen-bond donors (Lipinski definition) is 3. The lowest BCUT2D eigenvalue weighted by molar-refractivity contribution is -0.137. The first kappa shape index (κ1) is 20.8. The van der Waals surface area contributed by atoms with E-state index in [1.54, 1.807) is 20.8 Å². The van der Waals surface area contributed by atoms with Gasteiger partial charge in [0.15, 0.2) is 0 Å². The Labute approximate surface area is 144 Å². The van der Waals surface area contributed by atoms with Crippen LogP contribution in [0.15, 0.2) is 24.3 Å². The van der Waals surface area contributed by atoms with Gasteiger partial charge in [-0.3, -0.25) is 4.79 Å². The smallest absolute Gasteiger partial charge is 0.416 e. The number of carbonyl (C=O) groups excluding carboxylic acids is 2. The molecule has 0 bridgehead atoms. The molecule has 0 aliphatic carbocycles. The highest BCUT2D eigenvalue weighted by atomic mass is 19.4. The van der Waals surface area contributed by atoms with Crippen LogP contribution >= 0.6 is 0 Å². The number of ether oxygens (including phenoxy) is 1. The second-order valence-electron chi connectivity index (χ2n) is 6.23. The average molecular weight is 361 g/mol. The van der Waals surface area contributed by atoms with Crippen molar-refractivity contribution in [1.82, 2.24) is 10.6 Å². The third kappa shape index (κ3) is 8.94. The Morgan fingerprint density at radius 1 is 1.12 bits per heavy atom. The number of anilines is 1. The molecule has 0 heterocycles. The van der Waals surface area contributed by atoms with Gasteiger partial charge in [0, 0.05) is 18.8 Å². The van der Waals surface area contributed by atoms with Crippen molar-refractivity contribution in [3.8, 4) is 0 Å². The molecule has 0 saturated heterocycles. The van der Waals surface area contributed by atoms with Crippen LogP contribution in [0.25, 0.3) is 0 Å². The number of alkyl halides is 3. The molecule has 1 rings (SSSR count). The summed E-state index contributed by atoms with van der Waals surface area (Å²) in [5.41, 5.74) is -1.36. The zero-order valence-corrected chi connectivity index (χ0v) is 14.3. The van der Waals surface area contributed by atoms with E-state index in [-0.39, 0.29) is 18.8 Å². The molecule has 0 radical (unpaired) electrons. The predicted molar refractivity (Wildman–Crippen MR) is 87.2 cm³/mol. The van der Waals surface area contributed by atoms with Crippen LogP contribution < -0.4 is 16.0 Å². The molecule has 1 aromatic carbocycles. The first-order chi connectivity index (χ1) is 11.5. The van der Waals surface area contributed by atoms with Gasteiger partial charge in [0.2, 0.25) is 5.91 Å². The highest BCUT2D eigenvalue weighted by Crippen LogP contribution is 2.30. The Morgan fingerprint density at radius 2 is 1.80 bits per heavy atom. The fraction of sp³-hybridized carbons (Fsp3) is 0.500. The Kier molecular flexibility index (Phi) is 7.22. The summed E-state index contributed by atoms with van der Waals surface area (Å²) in [5.74, 6) is -0.489. The average Bonchev–Trinajstić information content (AvgIpc) is 2.44. The van der Waals surface area contributed by atoms with Crippen molar-refractivity contribution in [3.63, 3.8) is 0 Å². The van der Waals surface area contributed by atoms with Gasteiger partial charge in [-0.2, -0.15) is 13.2 Å². The van der Waals surface area contributed by atoms with Gasteiger partial charge in [-0.25, -0.2) is 4.79 Å². The van der Waals surface area contributed by atoms with Gasteiger partial charge < -0.3 is 20.7 Å². The molecular weight excluding hydrogens is 339 g/mol. The van der Waals surface area contributed by atoms with Crippen LogP contribution in [-0.2, 0) is 15.7 Å². The van der Waals surface area contributed by atoms with Crippen LogP contribution in [-0.4, -0.2) is 37.2 Å². The number of alkyl carbamates (subject to hydrolysis) is 1. The number of halogens is 3. The van der Waals surface area contributed by atoms with Crippen molar-refractivity contribution in [2.45, 2.75) is 32.5 Å². The molecule has 6 nitrogen and oxygen atoms in total. The maximum Gasteiger partial charge on any atom is 0.416 e. The summed E-state index contributed by atoms with van der Waals surface area (Å²) in [5, 5.41) is 7.64. The molecule has 140 valence electrons. The lowest BCUT2D eigenvalue weighted by Gasteiger charge is -2.19. The molecule has 1 aromatic rings. The third-order valence-corrected chi connectivity index (χ3v) is 2.73. The number of carbonyl (C=O) groups is 2.